The summed E-state index contributed by atoms with van der Waals surface area (Å²) in [5, 5.41) is 3.00. The number of halogens is 4. The number of ether oxygens (including phenoxy) is 1. The van der Waals surface area contributed by atoms with Gasteiger partial charge in [0.25, 0.3) is 0 Å². The minimum atomic E-state index is -3.11. The Morgan fingerprint density at radius 3 is 2.71 bits per heavy atom. The molecule has 1 aromatic rings. The molecule has 0 radical (unpaired) electrons. The van der Waals surface area contributed by atoms with E-state index in [2.05, 4.69) is 16.6 Å². The number of nitrogens with one attached hydrogen (secondary N) is 1. The van der Waals surface area contributed by atoms with Crippen LogP contribution >= 0.6 is 11.6 Å². The van der Waals surface area contributed by atoms with Crippen LogP contribution in [-0.4, -0.2) is 13.2 Å². The highest BCUT2D eigenvalue weighted by Gasteiger charge is 2.13. The van der Waals surface area contributed by atoms with Gasteiger partial charge in [-0.15, -0.1) is 0 Å². The predicted molar refractivity (Wildman–Crippen MR) is 60.9 cm³/mol. The van der Waals surface area contributed by atoms with Gasteiger partial charge < -0.3 is 15.8 Å². The smallest absolute Gasteiger partial charge is 0.387 e. The summed E-state index contributed by atoms with van der Waals surface area (Å²) in [6.07, 6.45) is 0. The fourth-order valence-corrected chi connectivity index (χ4v) is 1.17. The van der Waals surface area contributed by atoms with E-state index >= 15 is 0 Å². The van der Waals surface area contributed by atoms with Gasteiger partial charge in [0.05, 0.1) is 17.9 Å². The Hall–Kier alpha value is -1.56. The van der Waals surface area contributed by atoms with Crippen LogP contribution in [0.15, 0.2) is 23.7 Å². The second-order valence-corrected chi connectivity index (χ2v) is 3.65. The molecule has 0 saturated heterocycles. The maximum atomic E-state index is 13.2. The molecule has 0 aromatic heterocycles. The average molecular weight is 267 g/mol. The Kier molecular flexibility index (Phi) is 4.51. The Balaban J connectivity index is 2.93. The Labute approximate surface area is 101 Å². The van der Waals surface area contributed by atoms with Gasteiger partial charge in [-0.3, -0.25) is 0 Å². The summed E-state index contributed by atoms with van der Waals surface area (Å²) in [6, 6.07) is 1.92. The fourth-order valence-electron chi connectivity index (χ4n) is 1.10. The molecule has 0 aliphatic rings. The van der Waals surface area contributed by atoms with E-state index < -0.39 is 18.2 Å². The van der Waals surface area contributed by atoms with Gasteiger partial charge in [0.2, 0.25) is 0 Å². The van der Waals surface area contributed by atoms with Gasteiger partial charge >= 0.3 is 6.61 Å². The van der Waals surface area contributed by atoms with Crippen molar-refractivity contribution in [2.24, 2.45) is 0 Å². The summed E-state index contributed by atoms with van der Waals surface area (Å²) in [5.41, 5.74) is 5.79. The van der Waals surface area contributed by atoms with Crippen molar-refractivity contribution in [3.8, 4) is 5.75 Å². The fraction of sp³-hybridized carbons (Fsp3) is 0.200. The quantitative estimate of drug-likeness (QED) is 0.805. The molecule has 0 saturated carbocycles. The Morgan fingerprint density at radius 2 is 2.18 bits per heavy atom. The van der Waals surface area contributed by atoms with Crippen molar-refractivity contribution in [2.75, 3.05) is 17.6 Å². The van der Waals surface area contributed by atoms with Crippen molar-refractivity contribution in [3.05, 3.63) is 29.6 Å². The molecule has 1 aromatic carbocycles. The summed E-state index contributed by atoms with van der Waals surface area (Å²) in [4.78, 5) is 0. The van der Waals surface area contributed by atoms with Crippen molar-refractivity contribution in [3.63, 3.8) is 0 Å². The Morgan fingerprint density at radius 1 is 1.53 bits per heavy atom. The van der Waals surface area contributed by atoms with Crippen LogP contribution in [-0.2, 0) is 0 Å². The molecule has 0 heterocycles. The van der Waals surface area contributed by atoms with Gasteiger partial charge in [0, 0.05) is 17.2 Å². The first-order chi connectivity index (χ1) is 7.90. The van der Waals surface area contributed by atoms with Crippen LogP contribution in [0.25, 0.3) is 0 Å². The van der Waals surface area contributed by atoms with Crippen molar-refractivity contribution in [2.45, 2.75) is 6.61 Å². The molecule has 94 valence electrons. The zero-order chi connectivity index (χ0) is 13.0. The molecule has 0 amide bonds. The lowest BCUT2D eigenvalue weighted by Crippen LogP contribution is -2.08. The van der Waals surface area contributed by atoms with Crippen LogP contribution in [0.1, 0.15) is 0 Å². The summed E-state index contributed by atoms with van der Waals surface area (Å²) < 4.78 is 41.1. The zero-order valence-corrected chi connectivity index (χ0v) is 9.40. The predicted octanol–water partition coefficient (Wildman–Crippen LogP) is 3.17. The van der Waals surface area contributed by atoms with Gasteiger partial charge in [0.1, 0.15) is 0 Å². The van der Waals surface area contributed by atoms with Crippen LogP contribution in [0, 0.1) is 5.82 Å². The minimum absolute atomic E-state index is 0.0574. The van der Waals surface area contributed by atoms with E-state index in [1.165, 1.54) is 0 Å². The van der Waals surface area contributed by atoms with E-state index in [4.69, 9.17) is 17.3 Å². The second-order valence-electron chi connectivity index (χ2n) is 3.12. The van der Waals surface area contributed by atoms with Crippen LogP contribution < -0.4 is 15.8 Å². The van der Waals surface area contributed by atoms with E-state index in [9.17, 15) is 13.2 Å². The van der Waals surface area contributed by atoms with E-state index in [1.807, 2.05) is 0 Å². The number of hydrogen-bond acceptors (Lipinski definition) is 3. The molecular formula is C10H10ClF3N2O. The highest BCUT2D eigenvalue weighted by Crippen LogP contribution is 2.29. The third-order valence-electron chi connectivity index (χ3n) is 1.79. The third-order valence-corrected chi connectivity index (χ3v) is 1.92. The van der Waals surface area contributed by atoms with Crippen molar-refractivity contribution >= 4 is 23.0 Å². The number of alkyl halides is 2. The lowest BCUT2D eigenvalue weighted by Gasteiger charge is -2.12. The molecule has 1 rings (SSSR count). The number of benzene rings is 1. The summed E-state index contributed by atoms with van der Waals surface area (Å²) in [5.74, 6) is -1.55. The summed E-state index contributed by atoms with van der Waals surface area (Å²) >= 11 is 5.51. The van der Waals surface area contributed by atoms with Crippen molar-refractivity contribution in [1.82, 2.24) is 0 Å². The van der Waals surface area contributed by atoms with Crippen LogP contribution in [0.4, 0.5) is 24.5 Å². The first-order valence-electron chi connectivity index (χ1n) is 4.51. The first-order valence-corrected chi connectivity index (χ1v) is 4.89. The normalized spacial score (nSPS) is 10.4. The molecule has 0 fully saturated rings. The maximum Gasteiger partial charge on any atom is 0.387 e. The molecule has 7 heteroatoms. The van der Waals surface area contributed by atoms with Gasteiger partial charge in [-0.2, -0.15) is 8.78 Å². The van der Waals surface area contributed by atoms with Crippen LogP contribution in [0.3, 0.4) is 0 Å². The molecule has 0 unspecified atom stereocenters. The molecule has 0 aliphatic heterocycles. The number of rotatable bonds is 5. The van der Waals surface area contributed by atoms with Crippen molar-refractivity contribution in [1.29, 1.82) is 0 Å². The lowest BCUT2D eigenvalue weighted by molar-refractivity contribution is -0.0521. The molecule has 0 aliphatic carbocycles. The molecule has 0 spiro atoms. The van der Waals surface area contributed by atoms with E-state index in [0.717, 1.165) is 12.1 Å². The number of nitrogens with two attached hydrogens (primary N) is 1. The topological polar surface area (TPSA) is 47.3 Å². The highest BCUT2D eigenvalue weighted by molar-refractivity contribution is 6.29. The summed E-state index contributed by atoms with van der Waals surface area (Å²) in [7, 11) is 0. The molecule has 17 heavy (non-hydrogen) atoms. The summed E-state index contributed by atoms with van der Waals surface area (Å²) in [6.45, 7) is 0.490. The Bertz CT molecular complexity index is 426. The highest BCUT2D eigenvalue weighted by atomic mass is 35.5. The van der Waals surface area contributed by atoms with Crippen LogP contribution in [0.5, 0.6) is 5.75 Å². The number of hydrogen-bond donors (Lipinski definition) is 2. The molecule has 0 bridgehead atoms. The number of nitrogen functional groups attached to an aromatic ring is 1. The molecule has 0 atom stereocenters. The second kappa shape index (κ2) is 5.67. The van der Waals surface area contributed by atoms with Crippen LogP contribution in [0.2, 0.25) is 0 Å². The molecule has 3 nitrogen and oxygen atoms in total. The van der Waals surface area contributed by atoms with E-state index in [0.29, 0.717) is 5.03 Å². The largest absolute Gasteiger partial charge is 0.432 e. The number of anilines is 2. The third kappa shape index (κ3) is 4.07. The molecule has 3 N–H and O–H groups in total. The first kappa shape index (κ1) is 13.5. The zero-order valence-electron chi connectivity index (χ0n) is 8.64. The maximum absolute atomic E-state index is 13.2. The monoisotopic (exact) mass is 266 g/mol. The van der Waals surface area contributed by atoms with Crippen molar-refractivity contribution < 1.29 is 17.9 Å². The van der Waals surface area contributed by atoms with Gasteiger partial charge in [-0.1, -0.05) is 18.2 Å². The lowest BCUT2D eigenvalue weighted by atomic mass is 10.2. The minimum Gasteiger partial charge on any atom is -0.432 e. The average Bonchev–Trinajstić information content (AvgIpc) is 2.19. The van der Waals surface area contributed by atoms with E-state index in [1.54, 1.807) is 0 Å². The van der Waals surface area contributed by atoms with Gasteiger partial charge in [-0.25, -0.2) is 4.39 Å². The van der Waals surface area contributed by atoms with Gasteiger partial charge in [-0.05, 0) is 0 Å². The van der Waals surface area contributed by atoms with E-state index in [-0.39, 0.29) is 17.9 Å². The van der Waals surface area contributed by atoms with Gasteiger partial charge in [0.15, 0.2) is 11.6 Å². The standard InChI is InChI=1S/C10H10ClF3N2O/c1-5(11)4-16-8-3-9(17-10(13)14)6(12)2-7(8)15/h2-3,10,16H,1,4,15H2. The SMILES string of the molecule is C=C(Cl)CNc1cc(OC(F)F)c(F)cc1N. The molecular weight excluding hydrogens is 257 g/mol.